The molecular formula is C13H14O6. The maximum Gasteiger partial charge on any atom is 0.342 e. The van der Waals surface area contributed by atoms with E-state index < -0.39 is 24.7 Å². The summed E-state index contributed by atoms with van der Waals surface area (Å²) in [5.74, 6) is -1.04. The molecule has 1 unspecified atom stereocenters. The van der Waals surface area contributed by atoms with Crippen LogP contribution in [0.4, 0.5) is 0 Å². The highest BCUT2D eigenvalue weighted by atomic mass is 16.9. The molecule has 1 aliphatic heterocycles. The Hall–Kier alpha value is -1.92. The summed E-state index contributed by atoms with van der Waals surface area (Å²) >= 11 is 0. The predicted octanol–water partition coefficient (Wildman–Crippen LogP) is 1.37. The third-order valence-corrected chi connectivity index (χ3v) is 2.50. The molecule has 0 aromatic heterocycles. The van der Waals surface area contributed by atoms with Crippen molar-refractivity contribution >= 4 is 11.9 Å². The van der Waals surface area contributed by atoms with Crippen LogP contribution in [-0.2, 0) is 23.7 Å². The molecule has 102 valence electrons. The molecule has 1 aliphatic rings. The molecule has 6 nitrogen and oxygen atoms in total. The van der Waals surface area contributed by atoms with Gasteiger partial charge in [-0.25, -0.2) is 4.79 Å². The zero-order valence-electron chi connectivity index (χ0n) is 10.6. The Morgan fingerprint density at radius 3 is 2.68 bits per heavy atom. The third kappa shape index (κ3) is 3.52. The van der Waals surface area contributed by atoms with Crippen LogP contribution >= 0.6 is 0 Å². The van der Waals surface area contributed by atoms with Gasteiger partial charge in [-0.1, -0.05) is 18.2 Å². The summed E-state index contributed by atoms with van der Waals surface area (Å²) in [7, 11) is 0. The van der Waals surface area contributed by atoms with Crippen molar-refractivity contribution < 1.29 is 28.5 Å². The highest BCUT2D eigenvalue weighted by Gasteiger charge is 2.31. The number of benzene rings is 1. The number of hydrogen-bond acceptors (Lipinski definition) is 6. The number of hydrogen-bond donors (Lipinski definition) is 0. The standard InChI is InChI=1S/C13H14O6/c1-8-5-3-4-6-10(8)12(15)19-13-16-7-11(18-13)17-9(2)14/h3-6,11,13H,7H2,1-2H3/t11?,13-/m0/s1. The molecular weight excluding hydrogens is 252 g/mol. The van der Waals surface area contributed by atoms with Crippen molar-refractivity contribution in [3.63, 3.8) is 0 Å². The van der Waals surface area contributed by atoms with E-state index in [0.717, 1.165) is 5.56 Å². The number of carbonyl (C=O) groups excluding carboxylic acids is 2. The van der Waals surface area contributed by atoms with Crippen LogP contribution in [0, 0.1) is 6.92 Å². The maximum atomic E-state index is 11.9. The van der Waals surface area contributed by atoms with Crippen LogP contribution < -0.4 is 0 Å². The molecule has 2 atom stereocenters. The van der Waals surface area contributed by atoms with Gasteiger partial charge >= 0.3 is 18.4 Å². The van der Waals surface area contributed by atoms with Crippen molar-refractivity contribution in [1.82, 2.24) is 0 Å². The van der Waals surface area contributed by atoms with Crippen LogP contribution in [0.25, 0.3) is 0 Å². The van der Waals surface area contributed by atoms with Crippen LogP contribution in [0.1, 0.15) is 22.8 Å². The lowest BCUT2D eigenvalue weighted by atomic mass is 10.1. The van der Waals surface area contributed by atoms with Gasteiger partial charge < -0.3 is 14.2 Å². The monoisotopic (exact) mass is 266 g/mol. The summed E-state index contributed by atoms with van der Waals surface area (Å²) < 4.78 is 19.9. The lowest BCUT2D eigenvalue weighted by Crippen LogP contribution is -2.22. The van der Waals surface area contributed by atoms with Crippen molar-refractivity contribution in [3.05, 3.63) is 35.4 Å². The number of ether oxygens (including phenoxy) is 4. The van der Waals surface area contributed by atoms with Gasteiger partial charge in [-0.05, 0) is 18.6 Å². The molecule has 1 fully saturated rings. The molecule has 1 heterocycles. The summed E-state index contributed by atoms with van der Waals surface area (Å²) in [5, 5.41) is 0. The Kier molecular flexibility index (Phi) is 4.13. The molecule has 0 spiro atoms. The van der Waals surface area contributed by atoms with Crippen molar-refractivity contribution in [3.8, 4) is 0 Å². The van der Waals surface area contributed by atoms with Gasteiger partial charge in [-0.15, -0.1) is 0 Å². The number of esters is 2. The second kappa shape index (κ2) is 5.81. The van der Waals surface area contributed by atoms with E-state index in [1.54, 1.807) is 25.1 Å². The van der Waals surface area contributed by atoms with E-state index in [1.807, 2.05) is 6.07 Å². The summed E-state index contributed by atoms with van der Waals surface area (Å²) in [6, 6.07) is 7.01. The smallest absolute Gasteiger partial charge is 0.342 e. The highest BCUT2D eigenvalue weighted by Crippen LogP contribution is 2.17. The summed E-state index contributed by atoms with van der Waals surface area (Å²) in [5.41, 5.74) is 1.23. The first-order valence-corrected chi connectivity index (χ1v) is 5.77. The lowest BCUT2D eigenvalue weighted by molar-refractivity contribution is -0.232. The van der Waals surface area contributed by atoms with Crippen LogP contribution in [0.15, 0.2) is 24.3 Å². The van der Waals surface area contributed by atoms with Gasteiger partial charge in [0.25, 0.3) is 0 Å². The minimum Gasteiger partial charge on any atom is -0.433 e. The van der Waals surface area contributed by atoms with Crippen LogP contribution in [0.2, 0.25) is 0 Å². The van der Waals surface area contributed by atoms with Gasteiger partial charge in [0.2, 0.25) is 6.29 Å². The third-order valence-electron chi connectivity index (χ3n) is 2.50. The molecule has 1 aromatic carbocycles. The zero-order chi connectivity index (χ0) is 13.8. The molecule has 1 saturated heterocycles. The Bertz CT molecular complexity index is 484. The van der Waals surface area contributed by atoms with Gasteiger partial charge in [0.1, 0.15) is 6.61 Å². The molecule has 0 radical (unpaired) electrons. The molecule has 0 aliphatic carbocycles. The maximum absolute atomic E-state index is 11.9. The van der Waals surface area contributed by atoms with Crippen LogP contribution in [0.5, 0.6) is 0 Å². The lowest BCUT2D eigenvalue weighted by Gasteiger charge is -2.12. The largest absolute Gasteiger partial charge is 0.433 e. The molecule has 0 bridgehead atoms. The van der Waals surface area contributed by atoms with E-state index in [0.29, 0.717) is 5.56 Å². The molecule has 6 heteroatoms. The van der Waals surface area contributed by atoms with Gasteiger partial charge in [-0.2, -0.15) is 0 Å². The highest BCUT2D eigenvalue weighted by molar-refractivity contribution is 5.90. The Morgan fingerprint density at radius 1 is 1.26 bits per heavy atom. The molecule has 2 rings (SSSR count). The quantitative estimate of drug-likeness (QED) is 0.769. The van der Waals surface area contributed by atoms with E-state index in [4.69, 9.17) is 18.9 Å². The number of rotatable bonds is 3. The Balaban J connectivity index is 1.91. The first kappa shape index (κ1) is 13.5. The SMILES string of the molecule is CC(=O)OC1CO[C@H](OC(=O)c2ccccc2C)O1. The average Bonchev–Trinajstić information content (AvgIpc) is 2.76. The number of carbonyl (C=O) groups is 2. The zero-order valence-corrected chi connectivity index (χ0v) is 10.6. The van der Waals surface area contributed by atoms with Crippen molar-refractivity contribution in [1.29, 1.82) is 0 Å². The summed E-state index contributed by atoms with van der Waals surface area (Å²) in [6.45, 7) is 1.94. The van der Waals surface area contributed by atoms with Gasteiger partial charge in [0.05, 0.1) is 5.56 Å². The normalized spacial score (nSPS) is 22.0. The van der Waals surface area contributed by atoms with Gasteiger partial charge in [-0.3, -0.25) is 9.53 Å². The number of aryl methyl sites for hydroxylation is 1. The van der Waals surface area contributed by atoms with E-state index in [2.05, 4.69) is 0 Å². The second-order valence-electron chi connectivity index (χ2n) is 4.02. The molecule has 0 saturated carbocycles. The Labute approximate surface area is 110 Å². The topological polar surface area (TPSA) is 71.1 Å². The second-order valence-corrected chi connectivity index (χ2v) is 4.02. The van der Waals surface area contributed by atoms with E-state index in [9.17, 15) is 9.59 Å². The first-order chi connectivity index (χ1) is 9.06. The van der Waals surface area contributed by atoms with Gasteiger partial charge in [0, 0.05) is 6.92 Å². The average molecular weight is 266 g/mol. The summed E-state index contributed by atoms with van der Waals surface area (Å²) in [4.78, 5) is 22.6. The molecule has 0 N–H and O–H groups in total. The minimum atomic E-state index is -1.16. The summed E-state index contributed by atoms with van der Waals surface area (Å²) in [6.07, 6.45) is -0.841. The van der Waals surface area contributed by atoms with Crippen LogP contribution in [0.3, 0.4) is 0 Å². The van der Waals surface area contributed by atoms with Crippen molar-refractivity contribution in [2.24, 2.45) is 0 Å². The van der Waals surface area contributed by atoms with Crippen molar-refractivity contribution in [2.45, 2.75) is 26.6 Å². The minimum absolute atomic E-state index is 0.0330. The van der Waals surface area contributed by atoms with E-state index in [-0.39, 0.29) is 6.61 Å². The fraction of sp³-hybridized carbons (Fsp3) is 0.385. The van der Waals surface area contributed by atoms with E-state index in [1.165, 1.54) is 6.92 Å². The fourth-order valence-electron chi connectivity index (χ4n) is 1.62. The van der Waals surface area contributed by atoms with E-state index >= 15 is 0 Å². The Morgan fingerprint density at radius 2 is 2.00 bits per heavy atom. The fourth-order valence-corrected chi connectivity index (χ4v) is 1.62. The van der Waals surface area contributed by atoms with Gasteiger partial charge in [0.15, 0.2) is 0 Å². The van der Waals surface area contributed by atoms with Crippen molar-refractivity contribution in [2.75, 3.05) is 6.61 Å². The molecule has 0 amide bonds. The molecule has 19 heavy (non-hydrogen) atoms. The predicted molar refractivity (Wildman–Crippen MR) is 63.0 cm³/mol. The van der Waals surface area contributed by atoms with Crippen LogP contribution in [-0.4, -0.2) is 31.3 Å². The first-order valence-electron chi connectivity index (χ1n) is 5.77. The molecule has 1 aromatic rings.